The van der Waals surface area contributed by atoms with Crippen LogP contribution in [0.3, 0.4) is 0 Å². The van der Waals surface area contributed by atoms with Crippen LogP contribution < -0.4 is 5.73 Å². The molecule has 0 aliphatic carbocycles. The molecule has 0 saturated heterocycles. The van der Waals surface area contributed by atoms with Crippen LogP contribution in [0.1, 0.15) is 5.56 Å². The Labute approximate surface area is 111 Å². The van der Waals surface area contributed by atoms with E-state index in [9.17, 15) is 0 Å². The molecule has 0 aliphatic heterocycles. The van der Waals surface area contributed by atoms with Gasteiger partial charge in [-0.15, -0.1) is 0 Å². The molecule has 3 aromatic rings. The van der Waals surface area contributed by atoms with Gasteiger partial charge in [0.05, 0.1) is 17.6 Å². The van der Waals surface area contributed by atoms with Crippen molar-refractivity contribution in [1.29, 1.82) is 0 Å². The van der Waals surface area contributed by atoms with Crippen LogP contribution in [0.25, 0.3) is 22.5 Å². The normalized spacial score (nSPS) is 10.8. The van der Waals surface area contributed by atoms with E-state index in [1.165, 1.54) is 5.56 Å². The number of benzene rings is 1. The summed E-state index contributed by atoms with van der Waals surface area (Å²) < 4.78 is 1.89. The number of hydrogen-bond acceptors (Lipinski definition) is 3. The van der Waals surface area contributed by atoms with Gasteiger partial charge in [-0.2, -0.15) is 5.10 Å². The summed E-state index contributed by atoms with van der Waals surface area (Å²) in [5.74, 6) is 0.490. The number of imidazole rings is 1. The Morgan fingerprint density at radius 3 is 2.58 bits per heavy atom. The second-order valence-electron chi connectivity index (χ2n) is 4.65. The predicted octanol–water partition coefficient (Wildman–Crippen LogP) is 2.37. The summed E-state index contributed by atoms with van der Waals surface area (Å²) in [7, 11) is 1.93. The maximum absolute atomic E-state index is 5.98. The monoisotopic (exact) mass is 253 g/mol. The van der Waals surface area contributed by atoms with Crippen LogP contribution in [-0.4, -0.2) is 19.7 Å². The molecule has 1 aromatic carbocycles. The zero-order valence-electron chi connectivity index (χ0n) is 10.9. The SMILES string of the molecule is Cc1ccc(-c2c(N)n[nH]c2-c2cn(C)cn2)cc1. The van der Waals surface area contributed by atoms with Crippen molar-refractivity contribution in [2.75, 3.05) is 5.73 Å². The molecule has 96 valence electrons. The average molecular weight is 253 g/mol. The summed E-state index contributed by atoms with van der Waals surface area (Å²) >= 11 is 0. The largest absolute Gasteiger partial charge is 0.382 e. The molecule has 19 heavy (non-hydrogen) atoms. The molecule has 0 unspecified atom stereocenters. The third-order valence-electron chi connectivity index (χ3n) is 3.10. The van der Waals surface area contributed by atoms with Crippen molar-refractivity contribution in [1.82, 2.24) is 19.7 Å². The highest BCUT2D eigenvalue weighted by molar-refractivity contribution is 5.86. The van der Waals surface area contributed by atoms with Crippen molar-refractivity contribution in [3.8, 4) is 22.5 Å². The van der Waals surface area contributed by atoms with Gasteiger partial charge in [-0.3, -0.25) is 5.10 Å². The van der Waals surface area contributed by atoms with Crippen molar-refractivity contribution < 1.29 is 0 Å². The van der Waals surface area contributed by atoms with Gasteiger partial charge in [0.15, 0.2) is 5.82 Å². The highest BCUT2D eigenvalue weighted by atomic mass is 15.2. The van der Waals surface area contributed by atoms with Crippen molar-refractivity contribution in [3.05, 3.63) is 42.4 Å². The molecule has 0 atom stereocenters. The van der Waals surface area contributed by atoms with Crippen LogP contribution in [0, 0.1) is 6.92 Å². The minimum absolute atomic E-state index is 0.490. The molecule has 0 radical (unpaired) electrons. The molecule has 5 heteroatoms. The lowest BCUT2D eigenvalue weighted by atomic mass is 10.0. The number of anilines is 1. The van der Waals surface area contributed by atoms with Gasteiger partial charge in [-0.1, -0.05) is 29.8 Å². The summed E-state index contributed by atoms with van der Waals surface area (Å²) in [6.45, 7) is 2.06. The van der Waals surface area contributed by atoms with Crippen molar-refractivity contribution >= 4 is 5.82 Å². The molecule has 3 N–H and O–H groups in total. The molecular formula is C14H15N5. The molecule has 0 spiro atoms. The number of nitrogens with one attached hydrogen (secondary N) is 1. The number of nitrogens with zero attached hydrogens (tertiary/aromatic N) is 3. The first-order valence-corrected chi connectivity index (χ1v) is 6.04. The van der Waals surface area contributed by atoms with Gasteiger partial charge in [0.25, 0.3) is 0 Å². The molecule has 2 heterocycles. The standard InChI is InChI=1S/C14H15N5/c1-9-3-5-10(6-4-9)12-13(17-18-14(12)15)11-7-19(2)8-16-11/h3-8H,1-2H3,(H3,15,17,18). The lowest BCUT2D eigenvalue weighted by molar-refractivity contribution is 0.913. The van der Waals surface area contributed by atoms with Gasteiger partial charge >= 0.3 is 0 Å². The fraction of sp³-hybridized carbons (Fsp3) is 0.143. The second-order valence-corrected chi connectivity index (χ2v) is 4.65. The molecule has 0 saturated carbocycles. The van der Waals surface area contributed by atoms with Crippen LogP contribution in [0.15, 0.2) is 36.8 Å². The number of rotatable bonds is 2. The van der Waals surface area contributed by atoms with Gasteiger partial charge in [-0.25, -0.2) is 4.98 Å². The lowest BCUT2D eigenvalue weighted by Crippen LogP contribution is -1.89. The summed E-state index contributed by atoms with van der Waals surface area (Å²) in [5.41, 5.74) is 10.8. The van der Waals surface area contributed by atoms with Crippen molar-refractivity contribution in [2.24, 2.45) is 7.05 Å². The first-order valence-electron chi connectivity index (χ1n) is 6.04. The number of aryl methyl sites for hydroxylation is 2. The van der Waals surface area contributed by atoms with Crippen LogP contribution in [-0.2, 0) is 7.05 Å². The molecule has 0 aliphatic rings. The molecule has 0 amide bonds. The van der Waals surface area contributed by atoms with E-state index in [-0.39, 0.29) is 0 Å². The highest BCUT2D eigenvalue weighted by Crippen LogP contribution is 2.33. The Morgan fingerprint density at radius 1 is 1.21 bits per heavy atom. The van der Waals surface area contributed by atoms with Crippen molar-refractivity contribution in [2.45, 2.75) is 6.92 Å². The lowest BCUT2D eigenvalue weighted by Gasteiger charge is -2.03. The number of aromatic nitrogens is 4. The van der Waals surface area contributed by atoms with Gasteiger partial charge in [-0.05, 0) is 12.5 Å². The minimum Gasteiger partial charge on any atom is -0.382 e. The summed E-state index contributed by atoms with van der Waals surface area (Å²) in [5, 5.41) is 7.07. The number of nitrogen functional groups attached to an aromatic ring is 1. The van der Waals surface area contributed by atoms with Crippen LogP contribution in [0.5, 0.6) is 0 Å². The zero-order valence-corrected chi connectivity index (χ0v) is 10.9. The minimum atomic E-state index is 0.490. The second kappa shape index (κ2) is 4.28. The fourth-order valence-corrected chi connectivity index (χ4v) is 2.10. The molecule has 2 aromatic heterocycles. The first kappa shape index (κ1) is 11.5. The zero-order chi connectivity index (χ0) is 13.4. The van der Waals surface area contributed by atoms with E-state index >= 15 is 0 Å². The Balaban J connectivity index is 2.16. The van der Waals surface area contributed by atoms with E-state index in [4.69, 9.17) is 5.73 Å². The fourth-order valence-electron chi connectivity index (χ4n) is 2.10. The summed E-state index contributed by atoms with van der Waals surface area (Å²) in [6, 6.07) is 8.21. The highest BCUT2D eigenvalue weighted by Gasteiger charge is 2.16. The van der Waals surface area contributed by atoms with Gasteiger partial charge in [0.2, 0.25) is 0 Å². The van der Waals surface area contributed by atoms with Crippen LogP contribution >= 0.6 is 0 Å². The molecule has 3 rings (SSSR count). The number of aromatic amines is 1. The number of hydrogen-bond donors (Lipinski definition) is 2. The molecule has 5 nitrogen and oxygen atoms in total. The quantitative estimate of drug-likeness (QED) is 0.736. The topological polar surface area (TPSA) is 72.5 Å². The van der Waals surface area contributed by atoms with Crippen LogP contribution in [0.4, 0.5) is 5.82 Å². The van der Waals surface area contributed by atoms with E-state index < -0.39 is 0 Å². The number of nitrogens with two attached hydrogens (primary N) is 1. The van der Waals surface area contributed by atoms with E-state index in [0.717, 1.165) is 22.5 Å². The van der Waals surface area contributed by atoms with Gasteiger partial charge in [0.1, 0.15) is 5.69 Å². The first-order chi connectivity index (χ1) is 9.15. The van der Waals surface area contributed by atoms with Crippen molar-refractivity contribution in [3.63, 3.8) is 0 Å². The predicted molar refractivity (Wildman–Crippen MR) is 75.4 cm³/mol. The molecular weight excluding hydrogens is 238 g/mol. The maximum atomic E-state index is 5.98. The summed E-state index contributed by atoms with van der Waals surface area (Å²) in [6.07, 6.45) is 3.69. The van der Waals surface area contributed by atoms with E-state index in [0.29, 0.717) is 5.82 Å². The Morgan fingerprint density at radius 2 is 1.95 bits per heavy atom. The maximum Gasteiger partial charge on any atom is 0.153 e. The van der Waals surface area contributed by atoms with E-state index in [1.54, 1.807) is 6.33 Å². The third kappa shape index (κ3) is 1.99. The van der Waals surface area contributed by atoms with Crippen LogP contribution in [0.2, 0.25) is 0 Å². The smallest absolute Gasteiger partial charge is 0.153 e. The van der Waals surface area contributed by atoms with E-state index in [2.05, 4.69) is 34.2 Å². The Kier molecular flexibility index (Phi) is 2.59. The third-order valence-corrected chi connectivity index (χ3v) is 3.10. The average Bonchev–Trinajstić information content (AvgIpc) is 2.97. The molecule has 0 bridgehead atoms. The number of H-pyrrole nitrogens is 1. The van der Waals surface area contributed by atoms with Gasteiger partial charge < -0.3 is 10.3 Å². The summed E-state index contributed by atoms with van der Waals surface area (Å²) in [4.78, 5) is 4.34. The Bertz CT molecular complexity index is 706. The Hall–Kier alpha value is -2.56. The molecule has 0 fully saturated rings. The van der Waals surface area contributed by atoms with Gasteiger partial charge in [0, 0.05) is 13.2 Å². The van der Waals surface area contributed by atoms with E-state index in [1.807, 2.05) is 29.9 Å².